The summed E-state index contributed by atoms with van der Waals surface area (Å²) in [6.07, 6.45) is 2.84. The summed E-state index contributed by atoms with van der Waals surface area (Å²) in [7, 11) is -0.407. The molecule has 0 aliphatic heterocycles. The van der Waals surface area contributed by atoms with Crippen LogP contribution in [-0.4, -0.2) is 51.6 Å². The fourth-order valence-electron chi connectivity index (χ4n) is 2.61. The molecule has 1 aromatic heterocycles. The normalized spacial score (nSPS) is 11.0. The van der Waals surface area contributed by atoms with Crippen molar-refractivity contribution in [3.8, 4) is 5.75 Å². The molecule has 1 heterocycles. The Kier molecular flexibility index (Phi) is 6.60. The molecule has 0 saturated carbocycles. The Labute approximate surface area is 168 Å². The summed E-state index contributed by atoms with van der Waals surface area (Å²) in [6.45, 7) is 6.80. The van der Waals surface area contributed by atoms with Gasteiger partial charge < -0.3 is 14.8 Å². The van der Waals surface area contributed by atoms with Crippen LogP contribution in [0.5, 0.6) is 5.75 Å². The van der Waals surface area contributed by atoms with Crippen molar-refractivity contribution in [2.75, 3.05) is 7.11 Å². The predicted molar refractivity (Wildman–Crippen MR) is 105 cm³/mol. The first kappa shape index (κ1) is 22.3. The average Bonchev–Trinajstić information content (AvgIpc) is 2.64. The Morgan fingerprint density at radius 3 is 2.38 bits per heavy atom. The van der Waals surface area contributed by atoms with Gasteiger partial charge in [0.15, 0.2) is 0 Å². The van der Waals surface area contributed by atoms with Gasteiger partial charge in [0.2, 0.25) is 0 Å². The second kappa shape index (κ2) is 8.58. The van der Waals surface area contributed by atoms with Gasteiger partial charge in [0.05, 0.1) is 30.0 Å². The molecule has 29 heavy (non-hydrogen) atoms. The molecular weight excluding hydrogens is 380 g/mol. The lowest BCUT2D eigenvalue weighted by Gasteiger charge is -2.35. The number of pyridine rings is 1. The standard InChI is InChI=1S/C19H23BFN3O5/c1-11-14(9-22-10-16(11)29-5)18(26)24(19(2,3)4)23-17(25)13-7-6-12(20(27)28)8-15(13)21/h6-10,27-28H,1-5H3,(H,23,25). The van der Waals surface area contributed by atoms with E-state index >= 15 is 0 Å². The Morgan fingerprint density at radius 1 is 1.21 bits per heavy atom. The van der Waals surface area contributed by atoms with Crippen LogP contribution >= 0.6 is 0 Å². The van der Waals surface area contributed by atoms with E-state index in [0.717, 1.165) is 17.1 Å². The molecule has 10 heteroatoms. The molecule has 0 radical (unpaired) electrons. The highest BCUT2D eigenvalue weighted by molar-refractivity contribution is 6.58. The van der Waals surface area contributed by atoms with E-state index in [1.54, 1.807) is 27.7 Å². The average molecular weight is 403 g/mol. The van der Waals surface area contributed by atoms with Crippen molar-refractivity contribution < 1.29 is 28.8 Å². The van der Waals surface area contributed by atoms with Crippen LogP contribution in [-0.2, 0) is 0 Å². The molecule has 0 aliphatic carbocycles. The number of methoxy groups -OCH3 is 1. The van der Waals surface area contributed by atoms with E-state index in [-0.39, 0.29) is 16.6 Å². The van der Waals surface area contributed by atoms with Gasteiger partial charge in [-0.2, -0.15) is 0 Å². The number of hydrazine groups is 1. The van der Waals surface area contributed by atoms with Crippen molar-refractivity contribution in [2.45, 2.75) is 33.2 Å². The molecule has 0 spiro atoms. The highest BCUT2D eigenvalue weighted by atomic mass is 19.1. The van der Waals surface area contributed by atoms with Gasteiger partial charge in [-0.1, -0.05) is 6.07 Å². The van der Waals surface area contributed by atoms with Crippen LogP contribution < -0.4 is 15.6 Å². The fraction of sp³-hybridized carbons (Fsp3) is 0.316. The van der Waals surface area contributed by atoms with Crippen molar-refractivity contribution in [1.29, 1.82) is 0 Å². The second-order valence-corrected chi connectivity index (χ2v) is 7.38. The van der Waals surface area contributed by atoms with Gasteiger partial charge in [-0.3, -0.25) is 20.0 Å². The predicted octanol–water partition coefficient (Wildman–Crippen LogP) is 0.803. The highest BCUT2D eigenvalue weighted by Crippen LogP contribution is 2.23. The molecule has 0 aliphatic rings. The first-order valence-electron chi connectivity index (χ1n) is 8.77. The summed E-state index contributed by atoms with van der Waals surface area (Å²) in [4.78, 5) is 29.8. The summed E-state index contributed by atoms with van der Waals surface area (Å²) in [5.74, 6) is -1.94. The molecular formula is C19H23BFN3O5. The zero-order chi connectivity index (χ0) is 21.9. The van der Waals surface area contributed by atoms with Crippen molar-refractivity contribution in [1.82, 2.24) is 15.4 Å². The number of ether oxygens (including phenoxy) is 1. The molecule has 0 unspecified atom stereocenters. The number of amides is 2. The molecule has 0 bridgehead atoms. The number of aromatic nitrogens is 1. The maximum Gasteiger partial charge on any atom is 0.488 e. The van der Waals surface area contributed by atoms with Crippen LogP contribution in [0.25, 0.3) is 0 Å². The SMILES string of the molecule is COc1cncc(C(=O)N(NC(=O)c2ccc(B(O)O)cc2F)C(C)(C)C)c1C. The fourth-order valence-corrected chi connectivity index (χ4v) is 2.61. The molecule has 8 nitrogen and oxygen atoms in total. The maximum absolute atomic E-state index is 14.3. The van der Waals surface area contributed by atoms with E-state index in [1.165, 1.54) is 25.6 Å². The van der Waals surface area contributed by atoms with E-state index in [4.69, 9.17) is 14.8 Å². The van der Waals surface area contributed by atoms with Crippen LogP contribution in [0.4, 0.5) is 4.39 Å². The van der Waals surface area contributed by atoms with E-state index < -0.39 is 30.3 Å². The molecule has 3 N–H and O–H groups in total. The molecule has 0 fully saturated rings. The number of benzene rings is 1. The van der Waals surface area contributed by atoms with Crippen molar-refractivity contribution in [3.63, 3.8) is 0 Å². The Morgan fingerprint density at radius 2 is 1.86 bits per heavy atom. The summed E-state index contributed by atoms with van der Waals surface area (Å²) in [6, 6.07) is 3.17. The number of carbonyl (C=O) groups is 2. The van der Waals surface area contributed by atoms with Gasteiger partial charge in [-0.25, -0.2) is 9.40 Å². The maximum atomic E-state index is 14.3. The van der Waals surface area contributed by atoms with E-state index in [0.29, 0.717) is 11.3 Å². The van der Waals surface area contributed by atoms with Crippen LogP contribution in [0.3, 0.4) is 0 Å². The van der Waals surface area contributed by atoms with Gasteiger partial charge in [0.1, 0.15) is 11.6 Å². The largest absolute Gasteiger partial charge is 0.495 e. The van der Waals surface area contributed by atoms with E-state index in [1.807, 2.05) is 0 Å². The van der Waals surface area contributed by atoms with Crippen molar-refractivity contribution in [2.24, 2.45) is 0 Å². The highest BCUT2D eigenvalue weighted by Gasteiger charge is 2.32. The lowest BCUT2D eigenvalue weighted by atomic mass is 9.80. The minimum atomic E-state index is -1.86. The number of hydrogen-bond acceptors (Lipinski definition) is 6. The smallest absolute Gasteiger partial charge is 0.488 e. The van der Waals surface area contributed by atoms with Crippen LogP contribution in [0, 0.1) is 12.7 Å². The summed E-state index contributed by atoms with van der Waals surface area (Å²) < 4.78 is 19.5. The Balaban J connectivity index is 2.37. The number of hydrogen-bond donors (Lipinski definition) is 3. The number of nitrogens with one attached hydrogen (secondary N) is 1. The minimum absolute atomic E-state index is 0.0964. The van der Waals surface area contributed by atoms with Crippen LogP contribution in [0.2, 0.25) is 0 Å². The second-order valence-electron chi connectivity index (χ2n) is 7.38. The van der Waals surface area contributed by atoms with Crippen LogP contribution in [0.15, 0.2) is 30.6 Å². The zero-order valence-electron chi connectivity index (χ0n) is 16.9. The van der Waals surface area contributed by atoms with Gasteiger partial charge in [-0.05, 0) is 45.3 Å². The Bertz CT molecular complexity index is 931. The molecule has 2 rings (SSSR count). The lowest BCUT2D eigenvalue weighted by Crippen LogP contribution is -2.56. The minimum Gasteiger partial charge on any atom is -0.495 e. The third-order valence-corrected chi connectivity index (χ3v) is 4.24. The van der Waals surface area contributed by atoms with E-state index in [9.17, 15) is 14.0 Å². The van der Waals surface area contributed by atoms with Gasteiger partial charge in [-0.15, -0.1) is 0 Å². The van der Waals surface area contributed by atoms with Gasteiger partial charge in [0.25, 0.3) is 11.8 Å². The van der Waals surface area contributed by atoms with Crippen molar-refractivity contribution in [3.05, 3.63) is 53.1 Å². The quantitative estimate of drug-likeness (QED) is 0.515. The molecule has 1 aromatic carbocycles. The summed E-state index contributed by atoms with van der Waals surface area (Å²) >= 11 is 0. The summed E-state index contributed by atoms with van der Waals surface area (Å²) in [5, 5.41) is 19.3. The van der Waals surface area contributed by atoms with Crippen molar-refractivity contribution >= 4 is 24.4 Å². The van der Waals surface area contributed by atoms with Gasteiger partial charge in [0, 0.05) is 11.8 Å². The molecule has 2 amide bonds. The molecule has 154 valence electrons. The molecule has 0 atom stereocenters. The van der Waals surface area contributed by atoms with Gasteiger partial charge >= 0.3 is 7.12 Å². The number of nitrogens with zero attached hydrogens (tertiary/aromatic N) is 2. The van der Waals surface area contributed by atoms with E-state index in [2.05, 4.69) is 10.4 Å². The summed E-state index contributed by atoms with van der Waals surface area (Å²) in [5.41, 5.74) is 1.91. The number of carbonyl (C=O) groups excluding carboxylic acids is 2. The molecule has 0 saturated heterocycles. The topological polar surface area (TPSA) is 112 Å². The first-order valence-corrected chi connectivity index (χ1v) is 8.77. The lowest BCUT2D eigenvalue weighted by molar-refractivity contribution is 0.0355. The monoisotopic (exact) mass is 403 g/mol. The number of rotatable bonds is 4. The number of halogens is 1. The third kappa shape index (κ3) is 4.90. The molecule has 2 aromatic rings. The van der Waals surface area contributed by atoms with Crippen LogP contribution in [0.1, 0.15) is 47.1 Å². The Hall–Kier alpha value is -2.98. The zero-order valence-corrected chi connectivity index (χ0v) is 16.9. The third-order valence-electron chi connectivity index (χ3n) is 4.24. The first-order chi connectivity index (χ1) is 13.5.